The quantitative estimate of drug-likeness (QED) is 0.688. The lowest BCUT2D eigenvalue weighted by Gasteiger charge is -2.36. The summed E-state index contributed by atoms with van der Waals surface area (Å²) in [6.07, 6.45) is 1.55. The van der Waals surface area contributed by atoms with Crippen LogP contribution in [0.15, 0.2) is 30.3 Å². The van der Waals surface area contributed by atoms with Gasteiger partial charge in [-0.05, 0) is 44.0 Å². The smallest absolute Gasteiger partial charge is 0.316 e. The Labute approximate surface area is 198 Å². The van der Waals surface area contributed by atoms with Crippen molar-refractivity contribution in [3.05, 3.63) is 36.0 Å². The molecular formula is C24H30N6O4. The fourth-order valence-electron chi connectivity index (χ4n) is 4.62. The number of aromatic nitrogens is 2. The molecule has 10 heteroatoms. The molecule has 2 aliphatic heterocycles. The molecule has 3 fully saturated rings. The first-order valence-corrected chi connectivity index (χ1v) is 11.7. The average Bonchev–Trinajstić information content (AvgIpc) is 3.67. The van der Waals surface area contributed by atoms with Crippen LogP contribution in [0.3, 0.4) is 0 Å². The number of nitrogens with one attached hydrogen (secondary N) is 1. The van der Waals surface area contributed by atoms with Crippen molar-refractivity contribution in [1.29, 1.82) is 0 Å². The Kier molecular flexibility index (Phi) is 6.09. The van der Waals surface area contributed by atoms with Crippen molar-refractivity contribution < 1.29 is 19.1 Å². The van der Waals surface area contributed by atoms with Crippen molar-refractivity contribution in [2.45, 2.75) is 31.2 Å². The van der Waals surface area contributed by atoms with E-state index in [-0.39, 0.29) is 11.9 Å². The number of amides is 3. The summed E-state index contributed by atoms with van der Waals surface area (Å²) < 4.78 is 11.1. The number of nitrogens with zero attached hydrogens (tertiary/aromatic N) is 4. The van der Waals surface area contributed by atoms with Crippen LogP contribution in [0.2, 0.25) is 0 Å². The zero-order valence-corrected chi connectivity index (χ0v) is 19.3. The van der Waals surface area contributed by atoms with Gasteiger partial charge in [-0.2, -0.15) is 0 Å². The number of morpholine rings is 2. The second-order valence-electron chi connectivity index (χ2n) is 9.11. The molecule has 34 heavy (non-hydrogen) atoms. The highest BCUT2D eigenvalue weighted by atomic mass is 16.5. The molecule has 1 aromatic carbocycles. The maximum absolute atomic E-state index is 13.7. The van der Waals surface area contributed by atoms with Gasteiger partial charge in [0, 0.05) is 37.0 Å². The third-order valence-electron chi connectivity index (χ3n) is 6.74. The first-order chi connectivity index (χ1) is 16.5. The minimum absolute atomic E-state index is 0.0454. The highest BCUT2D eigenvalue weighted by molar-refractivity contribution is 5.91. The topological polar surface area (TPSA) is 123 Å². The molecule has 180 valence electrons. The van der Waals surface area contributed by atoms with Crippen molar-refractivity contribution in [2.24, 2.45) is 5.73 Å². The monoisotopic (exact) mass is 466 g/mol. The minimum Gasteiger partial charge on any atom is -0.378 e. The van der Waals surface area contributed by atoms with Crippen LogP contribution in [-0.2, 0) is 19.7 Å². The van der Waals surface area contributed by atoms with Crippen LogP contribution in [0.1, 0.15) is 25.5 Å². The van der Waals surface area contributed by atoms with Gasteiger partial charge >= 0.3 is 6.03 Å². The Hall–Kier alpha value is -3.24. The fourth-order valence-corrected chi connectivity index (χ4v) is 4.62. The Balaban J connectivity index is 1.51. The van der Waals surface area contributed by atoms with Gasteiger partial charge in [-0.1, -0.05) is 0 Å². The number of anilines is 2. The van der Waals surface area contributed by atoms with Crippen LogP contribution in [0.5, 0.6) is 0 Å². The molecule has 1 saturated carbocycles. The molecule has 2 saturated heterocycles. The van der Waals surface area contributed by atoms with Crippen LogP contribution in [0.4, 0.5) is 16.3 Å². The Morgan fingerprint density at radius 1 is 1.06 bits per heavy atom. The highest BCUT2D eigenvalue weighted by Crippen LogP contribution is 2.50. The van der Waals surface area contributed by atoms with Crippen molar-refractivity contribution in [3.8, 4) is 11.4 Å². The number of nitrogens with two attached hydrogens (primary N) is 1. The molecule has 3 amide bonds. The van der Waals surface area contributed by atoms with E-state index in [1.807, 2.05) is 30.0 Å². The van der Waals surface area contributed by atoms with Gasteiger partial charge in [0.15, 0.2) is 5.82 Å². The zero-order chi connectivity index (χ0) is 23.7. The van der Waals surface area contributed by atoms with E-state index in [4.69, 9.17) is 25.2 Å². The summed E-state index contributed by atoms with van der Waals surface area (Å²) in [5, 5.41) is 2.56. The molecule has 0 spiro atoms. The van der Waals surface area contributed by atoms with E-state index in [9.17, 15) is 9.59 Å². The molecule has 5 rings (SSSR count). The number of ether oxygens (including phenoxy) is 2. The summed E-state index contributed by atoms with van der Waals surface area (Å²) >= 11 is 0. The molecule has 3 heterocycles. The van der Waals surface area contributed by atoms with Gasteiger partial charge in [0.1, 0.15) is 5.82 Å². The Bertz CT molecular complexity index is 1070. The molecule has 1 atom stereocenters. The summed E-state index contributed by atoms with van der Waals surface area (Å²) in [5.74, 6) is 1.48. The van der Waals surface area contributed by atoms with Gasteiger partial charge in [0.05, 0.1) is 43.6 Å². The zero-order valence-electron chi connectivity index (χ0n) is 19.3. The standard InChI is InChI=1S/C24H30N6O4/c1-16-15-34-13-10-30(16)22(31)24(6-7-24)19-14-20(29-8-11-33-12-9-29)28-21(27-19)17-2-4-18(5-3-17)26-23(25)32/h2-5,14,16H,6-13,15H2,1H3,(H3,25,26,32)/t16-/m0/s1. The number of primary amides is 1. The highest BCUT2D eigenvalue weighted by Gasteiger charge is 2.55. The minimum atomic E-state index is -0.618. The first-order valence-electron chi connectivity index (χ1n) is 11.7. The fraction of sp³-hybridized carbons (Fsp3) is 0.500. The third kappa shape index (κ3) is 4.43. The van der Waals surface area contributed by atoms with Crippen LogP contribution in [-0.4, -0.2) is 78.9 Å². The van der Waals surface area contributed by atoms with Gasteiger partial charge in [0.2, 0.25) is 5.91 Å². The SMILES string of the molecule is C[C@H]1COCCN1C(=O)C1(c2cc(N3CCOCC3)nc(-c3ccc(NC(N)=O)cc3)n2)CC1. The van der Waals surface area contributed by atoms with E-state index in [1.165, 1.54) is 0 Å². The van der Waals surface area contributed by atoms with E-state index >= 15 is 0 Å². The summed E-state index contributed by atoms with van der Waals surface area (Å²) in [6, 6.07) is 8.62. The van der Waals surface area contributed by atoms with Crippen molar-refractivity contribution in [3.63, 3.8) is 0 Å². The van der Waals surface area contributed by atoms with Crippen molar-refractivity contribution >= 4 is 23.4 Å². The molecule has 0 unspecified atom stereocenters. The molecule has 10 nitrogen and oxygen atoms in total. The van der Waals surface area contributed by atoms with Gasteiger partial charge in [-0.15, -0.1) is 0 Å². The predicted molar refractivity (Wildman–Crippen MR) is 127 cm³/mol. The van der Waals surface area contributed by atoms with Gasteiger partial charge in [-0.25, -0.2) is 14.8 Å². The molecule has 0 radical (unpaired) electrons. The molecule has 0 bridgehead atoms. The maximum Gasteiger partial charge on any atom is 0.316 e. The number of rotatable bonds is 5. The summed E-state index contributed by atoms with van der Waals surface area (Å²) in [4.78, 5) is 38.7. The number of hydrogen-bond acceptors (Lipinski definition) is 7. The Morgan fingerprint density at radius 3 is 2.41 bits per heavy atom. The number of benzene rings is 1. The lowest BCUT2D eigenvalue weighted by Crippen LogP contribution is -2.51. The maximum atomic E-state index is 13.7. The molecule has 3 N–H and O–H groups in total. The van der Waals surface area contributed by atoms with Gasteiger partial charge in [0.25, 0.3) is 0 Å². The van der Waals surface area contributed by atoms with Gasteiger partial charge in [-0.3, -0.25) is 4.79 Å². The van der Waals surface area contributed by atoms with E-state index in [1.54, 1.807) is 12.1 Å². The van der Waals surface area contributed by atoms with Crippen LogP contribution >= 0.6 is 0 Å². The molecule has 1 aromatic heterocycles. The van der Waals surface area contributed by atoms with Crippen LogP contribution in [0, 0.1) is 0 Å². The Morgan fingerprint density at radius 2 is 1.76 bits per heavy atom. The van der Waals surface area contributed by atoms with E-state index in [0.717, 1.165) is 43.0 Å². The average molecular weight is 467 g/mol. The lowest BCUT2D eigenvalue weighted by molar-refractivity contribution is -0.142. The summed E-state index contributed by atoms with van der Waals surface area (Å²) in [5.41, 5.74) is 6.76. The summed E-state index contributed by atoms with van der Waals surface area (Å²) in [6.45, 7) is 6.49. The summed E-state index contributed by atoms with van der Waals surface area (Å²) in [7, 11) is 0. The van der Waals surface area contributed by atoms with Crippen molar-refractivity contribution in [2.75, 3.05) is 56.3 Å². The van der Waals surface area contributed by atoms with E-state index < -0.39 is 11.4 Å². The van der Waals surface area contributed by atoms with E-state index in [0.29, 0.717) is 44.5 Å². The van der Waals surface area contributed by atoms with Crippen LogP contribution in [0.25, 0.3) is 11.4 Å². The number of carbonyl (C=O) groups is 2. The normalized spacial score (nSPS) is 21.7. The second kappa shape index (κ2) is 9.19. The number of carbonyl (C=O) groups excluding carboxylic acids is 2. The second-order valence-corrected chi connectivity index (χ2v) is 9.11. The molecular weight excluding hydrogens is 436 g/mol. The molecule has 3 aliphatic rings. The number of urea groups is 1. The largest absolute Gasteiger partial charge is 0.378 e. The lowest BCUT2D eigenvalue weighted by atomic mass is 9.98. The van der Waals surface area contributed by atoms with Gasteiger partial charge < -0.3 is 30.3 Å². The van der Waals surface area contributed by atoms with Crippen LogP contribution < -0.4 is 16.0 Å². The van der Waals surface area contributed by atoms with Crippen molar-refractivity contribution in [1.82, 2.24) is 14.9 Å². The third-order valence-corrected chi connectivity index (χ3v) is 6.74. The molecule has 1 aliphatic carbocycles. The van der Waals surface area contributed by atoms with E-state index in [2.05, 4.69) is 10.2 Å². The number of hydrogen-bond donors (Lipinski definition) is 2. The predicted octanol–water partition coefficient (Wildman–Crippen LogP) is 1.75. The molecule has 2 aromatic rings. The first kappa shape index (κ1) is 22.5.